The number of carbonyl (C=O) groups is 4. The molecule has 8 heteroatoms. The summed E-state index contributed by atoms with van der Waals surface area (Å²) in [4.78, 5) is 48.0. The number of hydrogen-bond acceptors (Lipinski definition) is 4. The van der Waals surface area contributed by atoms with Gasteiger partial charge in [-0.15, -0.1) is 0 Å². The van der Waals surface area contributed by atoms with Crippen molar-refractivity contribution >= 4 is 40.7 Å². The molecule has 0 unspecified atom stereocenters. The van der Waals surface area contributed by atoms with E-state index in [0.29, 0.717) is 22.6 Å². The number of hydrogen-bond donors (Lipinski definition) is 4. The highest BCUT2D eigenvalue weighted by Gasteiger charge is 2.29. The van der Waals surface area contributed by atoms with Gasteiger partial charge in [-0.05, 0) is 30.3 Å². The van der Waals surface area contributed by atoms with Crippen LogP contribution in [0.15, 0.2) is 48.5 Å². The van der Waals surface area contributed by atoms with Gasteiger partial charge in [-0.3, -0.25) is 19.2 Å². The molecule has 0 spiro atoms. The minimum Gasteiger partial charge on any atom is -0.340 e. The van der Waals surface area contributed by atoms with Crippen LogP contribution in [-0.2, 0) is 14.4 Å². The van der Waals surface area contributed by atoms with Crippen LogP contribution < -0.4 is 21.3 Å². The summed E-state index contributed by atoms with van der Waals surface area (Å²) in [6.07, 6.45) is -0.226. The van der Waals surface area contributed by atoms with Crippen molar-refractivity contribution in [1.82, 2.24) is 5.32 Å². The quantitative estimate of drug-likeness (QED) is 0.659. The Hall–Kier alpha value is -3.68. The highest BCUT2D eigenvalue weighted by atomic mass is 16.2. The van der Waals surface area contributed by atoms with E-state index in [9.17, 15) is 19.2 Å². The van der Waals surface area contributed by atoms with Crippen LogP contribution in [0, 0.1) is 0 Å². The first kappa shape index (κ1) is 18.1. The minimum atomic E-state index is -0.997. The molecule has 0 saturated carbocycles. The Labute approximate surface area is 155 Å². The average molecular weight is 366 g/mol. The van der Waals surface area contributed by atoms with E-state index in [2.05, 4.69) is 21.3 Å². The number of para-hydroxylation sites is 1. The predicted molar refractivity (Wildman–Crippen MR) is 100 cm³/mol. The van der Waals surface area contributed by atoms with Gasteiger partial charge in [0.1, 0.15) is 6.04 Å². The second-order valence-electron chi connectivity index (χ2n) is 6.08. The Bertz CT molecular complexity index is 925. The van der Waals surface area contributed by atoms with Crippen LogP contribution in [0.1, 0.15) is 23.7 Å². The summed E-state index contributed by atoms with van der Waals surface area (Å²) >= 11 is 0. The number of amides is 4. The summed E-state index contributed by atoms with van der Waals surface area (Å²) in [6, 6.07) is 12.3. The van der Waals surface area contributed by atoms with E-state index in [1.165, 1.54) is 6.92 Å². The molecule has 0 fully saturated rings. The Balaban J connectivity index is 1.67. The Morgan fingerprint density at radius 3 is 2.44 bits per heavy atom. The molecule has 0 aliphatic carbocycles. The molecule has 1 aliphatic rings. The smallest absolute Gasteiger partial charge is 0.254 e. The summed E-state index contributed by atoms with van der Waals surface area (Å²) in [5.74, 6) is -1.55. The molecule has 0 saturated heterocycles. The molecule has 2 aromatic rings. The fourth-order valence-corrected chi connectivity index (χ4v) is 2.73. The van der Waals surface area contributed by atoms with Crippen molar-refractivity contribution < 1.29 is 19.2 Å². The summed E-state index contributed by atoms with van der Waals surface area (Å²) in [6.45, 7) is 1.39. The summed E-state index contributed by atoms with van der Waals surface area (Å²) < 4.78 is 0. The highest BCUT2D eigenvalue weighted by Crippen LogP contribution is 2.19. The Morgan fingerprint density at radius 1 is 1.00 bits per heavy atom. The van der Waals surface area contributed by atoms with Crippen LogP contribution >= 0.6 is 0 Å². The van der Waals surface area contributed by atoms with Gasteiger partial charge < -0.3 is 21.3 Å². The van der Waals surface area contributed by atoms with E-state index in [1.807, 2.05) is 0 Å². The van der Waals surface area contributed by atoms with Crippen LogP contribution in [-0.4, -0.2) is 29.7 Å². The molecule has 1 heterocycles. The van der Waals surface area contributed by atoms with Crippen LogP contribution in [0.5, 0.6) is 0 Å². The maximum atomic E-state index is 12.3. The van der Waals surface area contributed by atoms with Gasteiger partial charge in [0.05, 0.1) is 17.7 Å². The van der Waals surface area contributed by atoms with Gasteiger partial charge in [0.25, 0.3) is 5.91 Å². The topological polar surface area (TPSA) is 116 Å². The van der Waals surface area contributed by atoms with Crippen molar-refractivity contribution in [3.05, 3.63) is 54.1 Å². The molecule has 0 bridgehead atoms. The number of anilines is 3. The van der Waals surface area contributed by atoms with E-state index < -0.39 is 23.8 Å². The number of rotatable bonds is 4. The van der Waals surface area contributed by atoms with Crippen LogP contribution in [0.2, 0.25) is 0 Å². The molecule has 0 aromatic heterocycles. The molecule has 27 heavy (non-hydrogen) atoms. The first-order valence-corrected chi connectivity index (χ1v) is 8.30. The lowest BCUT2D eigenvalue weighted by Gasteiger charge is -2.14. The fourth-order valence-electron chi connectivity index (χ4n) is 2.73. The van der Waals surface area contributed by atoms with Crippen LogP contribution in [0.3, 0.4) is 0 Å². The van der Waals surface area contributed by atoms with E-state index in [0.717, 1.165) is 0 Å². The van der Waals surface area contributed by atoms with Gasteiger partial charge in [-0.25, -0.2) is 0 Å². The maximum Gasteiger partial charge on any atom is 0.254 e. The van der Waals surface area contributed by atoms with E-state index in [4.69, 9.17) is 0 Å². The fraction of sp³-hybridized carbons (Fsp3) is 0.158. The second-order valence-corrected chi connectivity index (χ2v) is 6.08. The molecule has 138 valence electrons. The lowest BCUT2D eigenvalue weighted by atomic mass is 10.1. The number of fused-ring (bicyclic) bond motifs is 1. The lowest BCUT2D eigenvalue weighted by Crippen LogP contribution is -2.43. The normalized spacial score (nSPS) is 15.7. The SMILES string of the molecule is CC(=O)Nc1cccc(NC(=O)C[C@H]2NC(=O)c3ccccc3NC2=O)c1. The average Bonchev–Trinajstić information content (AvgIpc) is 2.71. The largest absolute Gasteiger partial charge is 0.340 e. The zero-order chi connectivity index (χ0) is 19.4. The molecule has 1 aliphatic heterocycles. The third-order valence-corrected chi connectivity index (χ3v) is 3.91. The molecule has 4 amide bonds. The van der Waals surface area contributed by atoms with Crippen molar-refractivity contribution in [2.24, 2.45) is 0 Å². The summed E-state index contributed by atoms with van der Waals surface area (Å²) in [7, 11) is 0. The molecule has 2 aromatic carbocycles. The number of nitrogens with one attached hydrogen (secondary N) is 4. The van der Waals surface area contributed by atoms with Gasteiger partial charge in [0.15, 0.2) is 0 Å². The molecule has 8 nitrogen and oxygen atoms in total. The van der Waals surface area contributed by atoms with E-state index in [-0.39, 0.29) is 12.3 Å². The first-order chi connectivity index (χ1) is 12.9. The second kappa shape index (κ2) is 7.69. The first-order valence-electron chi connectivity index (χ1n) is 8.30. The van der Waals surface area contributed by atoms with Gasteiger partial charge in [-0.1, -0.05) is 18.2 Å². The number of carbonyl (C=O) groups excluding carboxylic acids is 4. The van der Waals surface area contributed by atoms with Gasteiger partial charge in [0, 0.05) is 18.3 Å². The number of benzene rings is 2. The van der Waals surface area contributed by atoms with Gasteiger partial charge in [0.2, 0.25) is 17.7 Å². The monoisotopic (exact) mass is 366 g/mol. The van der Waals surface area contributed by atoms with E-state index >= 15 is 0 Å². The molecule has 3 rings (SSSR count). The molecular weight excluding hydrogens is 348 g/mol. The van der Waals surface area contributed by atoms with Crippen molar-refractivity contribution in [1.29, 1.82) is 0 Å². The van der Waals surface area contributed by atoms with Crippen molar-refractivity contribution in [2.75, 3.05) is 16.0 Å². The third-order valence-electron chi connectivity index (χ3n) is 3.91. The van der Waals surface area contributed by atoms with Gasteiger partial charge >= 0.3 is 0 Å². The van der Waals surface area contributed by atoms with Crippen molar-refractivity contribution in [3.63, 3.8) is 0 Å². The van der Waals surface area contributed by atoms with Crippen LogP contribution in [0.4, 0.5) is 17.1 Å². The molecular formula is C19H18N4O4. The van der Waals surface area contributed by atoms with Crippen LogP contribution in [0.25, 0.3) is 0 Å². The lowest BCUT2D eigenvalue weighted by molar-refractivity contribution is -0.122. The predicted octanol–water partition coefficient (Wildman–Crippen LogP) is 1.72. The maximum absolute atomic E-state index is 12.3. The zero-order valence-electron chi connectivity index (χ0n) is 14.5. The minimum absolute atomic E-state index is 0.226. The third kappa shape index (κ3) is 4.49. The Kier molecular flexibility index (Phi) is 5.16. The zero-order valence-corrected chi connectivity index (χ0v) is 14.5. The van der Waals surface area contributed by atoms with Crippen molar-refractivity contribution in [2.45, 2.75) is 19.4 Å². The Morgan fingerprint density at radius 2 is 1.70 bits per heavy atom. The highest BCUT2D eigenvalue weighted by molar-refractivity contribution is 6.11. The summed E-state index contributed by atoms with van der Waals surface area (Å²) in [5.41, 5.74) is 1.76. The molecule has 0 radical (unpaired) electrons. The van der Waals surface area contributed by atoms with Crippen molar-refractivity contribution in [3.8, 4) is 0 Å². The molecule has 1 atom stereocenters. The molecule has 4 N–H and O–H groups in total. The summed E-state index contributed by atoms with van der Waals surface area (Å²) in [5, 5.41) is 10.5. The van der Waals surface area contributed by atoms with E-state index in [1.54, 1.807) is 48.5 Å². The standard InChI is InChI=1S/C19H18N4O4/c1-11(24)20-12-5-4-6-13(9-12)21-17(25)10-16-19(27)22-15-8-3-2-7-14(15)18(26)23-16/h2-9,16H,10H2,1H3,(H,20,24)(H,21,25)(H,22,27)(H,23,26)/t16-/m1/s1. The van der Waals surface area contributed by atoms with Gasteiger partial charge in [-0.2, -0.15) is 0 Å².